The number of methoxy groups -OCH3 is 1. The first kappa shape index (κ1) is 31.4. The van der Waals surface area contributed by atoms with Crippen LogP contribution >= 0.6 is 0 Å². The minimum Gasteiger partial charge on any atom is -0.497 e. The van der Waals surface area contributed by atoms with Crippen molar-refractivity contribution in [3.8, 4) is 5.75 Å². The molecular formula is C30H28F3NO9S. The summed E-state index contributed by atoms with van der Waals surface area (Å²) in [5.41, 5.74) is -4.41. The molecule has 2 aliphatic rings. The number of rotatable bonds is 12. The van der Waals surface area contributed by atoms with Gasteiger partial charge in [-0.25, -0.2) is 8.98 Å². The van der Waals surface area contributed by atoms with E-state index in [-0.39, 0.29) is 25.5 Å². The number of benzene rings is 3. The second-order valence-corrected chi connectivity index (χ2v) is 11.6. The summed E-state index contributed by atoms with van der Waals surface area (Å²) >= 11 is 0. The minimum atomic E-state index is -6.33. The Morgan fingerprint density at radius 3 is 2.07 bits per heavy atom. The summed E-state index contributed by atoms with van der Waals surface area (Å²) in [5, 5.41) is 0. The van der Waals surface area contributed by atoms with Gasteiger partial charge in [0.15, 0.2) is 6.10 Å². The van der Waals surface area contributed by atoms with Gasteiger partial charge in [0.05, 0.1) is 26.7 Å². The Kier molecular flexibility index (Phi) is 9.25. The van der Waals surface area contributed by atoms with Gasteiger partial charge < -0.3 is 23.8 Å². The number of esters is 1. The summed E-state index contributed by atoms with van der Waals surface area (Å²) in [7, 11) is -4.86. The molecule has 0 aliphatic carbocycles. The summed E-state index contributed by atoms with van der Waals surface area (Å²) < 4.78 is 92.6. The number of fused-ring (bicyclic) bond motifs is 1. The fourth-order valence-corrected chi connectivity index (χ4v) is 5.45. The maximum absolute atomic E-state index is 13.8. The molecule has 0 N–H and O–H groups in total. The predicted molar refractivity (Wildman–Crippen MR) is 147 cm³/mol. The number of carbonyl (C=O) groups is 2. The first-order valence-electron chi connectivity index (χ1n) is 13.5. The molecule has 0 spiro atoms. The van der Waals surface area contributed by atoms with Gasteiger partial charge in [0, 0.05) is 0 Å². The summed E-state index contributed by atoms with van der Waals surface area (Å²) in [6.45, 7) is -0.454. The molecule has 14 heteroatoms. The molecule has 0 bridgehead atoms. The Hall–Kier alpha value is -3.98. The number of hydrogen-bond acceptors (Lipinski definition) is 9. The molecule has 44 heavy (non-hydrogen) atoms. The lowest BCUT2D eigenvalue weighted by Gasteiger charge is -2.31. The van der Waals surface area contributed by atoms with Crippen LogP contribution in [0.5, 0.6) is 5.75 Å². The Labute approximate surface area is 251 Å². The lowest BCUT2D eigenvalue weighted by Crippen LogP contribution is -2.50. The largest absolute Gasteiger partial charge is 0.523 e. The second kappa shape index (κ2) is 12.9. The molecule has 1 amide bonds. The minimum absolute atomic E-state index is 0.0165. The van der Waals surface area contributed by atoms with Gasteiger partial charge in [0.25, 0.3) is 0 Å². The highest BCUT2D eigenvalue weighted by Crippen LogP contribution is 2.36. The molecule has 0 radical (unpaired) electrons. The van der Waals surface area contributed by atoms with Gasteiger partial charge in [-0.1, -0.05) is 72.8 Å². The van der Waals surface area contributed by atoms with Crippen molar-refractivity contribution in [2.24, 2.45) is 0 Å². The predicted octanol–water partition coefficient (Wildman–Crippen LogP) is 4.11. The number of β-lactam (4-membered cyclic amide) rings is 1. The van der Waals surface area contributed by atoms with E-state index in [1.807, 2.05) is 0 Å². The number of halogens is 3. The third kappa shape index (κ3) is 6.88. The van der Waals surface area contributed by atoms with E-state index in [0.717, 1.165) is 0 Å². The smallest absolute Gasteiger partial charge is 0.497 e. The fraction of sp³-hybridized carbons (Fsp3) is 0.333. The van der Waals surface area contributed by atoms with Gasteiger partial charge in [-0.05, 0) is 28.8 Å². The van der Waals surface area contributed by atoms with Crippen LogP contribution in [0, 0.1) is 0 Å². The van der Waals surface area contributed by atoms with E-state index in [1.165, 1.54) is 12.0 Å². The maximum Gasteiger partial charge on any atom is 0.523 e. The fourth-order valence-electron chi connectivity index (χ4n) is 4.88. The Morgan fingerprint density at radius 1 is 0.977 bits per heavy atom. The zero-order valence-electron chi connectivity index (χ0n) is 23.3. The van der Waals surface area contributed by atoms with E-state index < -0.39 is 52.2 Å². The Bertz CT molecular complexity index is 1510. The highest BCUT2D eigenvalue weighted by Gasteiger charge is 2.55. The van der Waals surface area contributed by atoms with Crippen LogP contribution in [-0.2, 0) is 44.7 Å². The van der Waals surface area contributed by atoms with Gasteiger partial charge in [0.2, 0.25) is 12.0 Å². The monoisotopic (exact) mass is 635 g/mol. The van der Waals surface area contributed by atoms with Crippen LogP contribution in [-0.4, -0.2) is 68.9 Å². The molecule has 5 rings (SSSR count). The average Bonchev–Trinajstić information content (AvgIpc) is 3.36. The molecule has 0 saturated carbocycles. The molecule has 2 fully saturated rings. The molecule has 3 aromatic rings. The van der Waals surface area contributed by atoms with Crippen molar-refractivity contribution in [1.29, 1.82) is 0 Å². The molecule has 2 saturated heterocycles. The van der Waals surface area contributed by atoms with Crippen LogP contribution in [0.15, 0.2) is 84.9 Å². The molecule has 2 heterocycles. The highest BCUT2D eigenvalue weighted by molar-refractivity contribution is 7.87. The van der Waals surface area contributed by atoms with Crippen molar-refractivity contribution < 1.29 is 54.3 Å². The van der Waals surface area contributed by atoms with Crippen molar-refractivity contribution in [2.45, 2.75) is 49.2 Å². The standard InChI is InChI=1S/C30H28F3NO9S/c1-39-22-14-12-19(13-15-22)18-40-27(23-17-34-24(35)16-25(34)41-23)28(43-44(37,38)30(31,32)33)29(36)42-26(20-8-4-2-5-9-20)21-10-6-3-7-11-21/h2-15,23,25-28H,16-18H2,1H3/t23-,25+,27+,28-/m1/s1. The summed E-state index contributed by atoms with van der Waals surface area (Å²) in [5.74, 6) is -1.19. The third-order valence-corrected chi connectivity index (χ3v) is 8.20. The van der Waals surface area contributed by atoms with Crippen LogP contribution in [0.4, 0.5) is 13.2 Å². The van der Waals surface area contributed by atoms with Crippen LogP contribution in [0.2, 0.25) is 0 Å². The number of carbonyl (C=O) groups excluding carboxylic acids is 2. The normalized spacial score (nSPS) is 19.7. The van der Waals surface area contributed by atoms with Crippen molar-refractivity contribution in [3.63, 3.8) is 0 Å². The Morgan fingerprint density at radius 2 is 1.57 bits per heavy atom. The molecule has 10 nitrogen and oxygen atoms in total. The second-order valence-electron chi connectivity index (χ2n) is 10.1. The summed E-state index contributed by atoms with van der Waals surface area (Å²) in [6.07, 6.45) is -7.25. The topological polar surface area (TPSA) is 118 Å². The van der Waals surface area contributed by atoms with Crippen molar-refractivity contribution in [3.05, 3.63) is 102 Å². The van der Waals surface area contributed by atoms with E-state index in [9.17, 15) is 31.2 Å². The quantitative estimate of drug-likeness (QED) is 0.125. The van der Waals surface area contributed by atoms with E-state index in [2.05, 4.69) is 4.18 Å². The summed E-state index contributed by atoms with van der Waals surface area (Å²) in [6, 6.07) is 23.2. The molecule has 0 unspecified atom stereocenters. The van der Waals surface area contributed by atoms with E-state index in [0.29, 0.717) is 22.4 Å². The molecule has 3 aromatic carbocycles. The van der Waals surface area contributed by atoms with Crippen molar-refractivity contribution >= 4 is 22.0 Å². The van der Waals surface area contributed by atoms with Gasteiger partial charge in [-0.3, -0.25) is 4.79 Å². The summed E-state index contributed by atoms with van der Waals surface area (Å²) in [4.78, 5) is 27.2. The zero-order chi connectivity index (χ0) is 31.5. The van der Waals surface area contributed by atoms with Crippen LogP contribution in [0.1, 0.15) is 29.2 Å². The number of hydrogen-bond donors (Lipinski definition) is 0. The lowest BCUT2D eigenvalue weighted by atomic mass is 10.0. The first-order chi connectivity index (χ1) is 21.0. The first-order valence-corrected chi connectivity index (χ1v) is 14.9. The van der Waals surface area contributed by atoms with Gasteiger partial charge in [-0.2, -0.15) is 21.6 Å². The maximum atomic E-state index is 13.8. The average molecular weight is 636 g/mol. The highest BCUT2D eigenvalue weighted by atomic mass is 32.2. The molecule has 4 atom stereocenters. The van der Waals surface area contributed by atoms with E-state index in [4.69, 9.17) is 18.9 Å². The van der Waals surface area contributed by atoms with Gasteiger partial charge in [-0.15, -0.1) is 0 Å². The number of nitrogens with zero attached hydrogens (tertiary/aromatic N) is 1. The van der Waals surface area contributed by atoms with Gasteiger partial charge >= 0.3 is 21.6 Å². The molecule has 2 aliphatic heterocycles. The number of amides is 1. The Balaban J connectivity index is 1.51. The number of alkyl halides is 3. The van der Waals surface area contributed by atoms with Crippen LogP contribution < -0.4 is 4.74 Å². The SMILES string of the molecule is COc1ccc(CO[C@@H]([C@H]2CN3C(=O)C[C@@H]3O2)[C@@H](OS(=O)(=O)C(F)(F)F)C(=O)OC(c2ccccc2)c2ccccc2)cc1. The third-order valence-electron chi connectivity index (χ3n) is 7.18. The molecule has 234 valence electrons. The molecule has 0 aromatic heterocycles. The van der Waals surface area contributed by atoms with Crippen molar-refractivity contribution in [1.82, 2.24) is 4.90 Å². The zero-order valence-corrected chi connectivity index (χ0v) is 24.1. The van der Waals surface area contributed by atoms with Gasteiger partial charge in [0.1, 0.15) is 24.2 Å². The number of ether oxygens (including phenoxy) is 4. The molecular weight excluding hydrogens is 607 g/mol. The van der Waals surface area contributed by atoms with Crippen LogP contribution in [0.3, 0.4) is 0 Å². The lowest BCUT2D eigenvalue weighted by molar-refractivity contribution is -0.178. The van der Waals surface area contributed by atoms with Crippen LogP contribution in [0.25, 0.3) is 0 Å². The van der Waals surface area contributed by atoms with E-state index >= 15 is 0 Å². The van der Waals surface area contributed by atoms with E-state index in [1.54, 1.807) is 84.9 Å². The van der Waals surface area contributed by atoms with Crippen molar-refractivity contribution in [2.75, 3.05) is 13.7 Å².